The SMILES string of the molecule is COc1ccc(C(=O)c2c(-c3ccccn3)oc3ccccc23)cc1. The first kappa shape index (κ1) is 15.1. The minimum absolute atomic E-state index is 0.103. The van der Waals surface area contributed by atoms with E-state index in [0.717, 1.165) is 5.39 Å². The Morgan fingerprint density at radius 2 is 1.72 bits per heavy atom. The van der Waals surface area contributed by atoms with Gasteiger partial charge in [0.25, 0.3) is 0 Å². The number of methoxy groups -OCH3 is 1. The average Bonchev–Trinajstić information content (AvgIpc) is 3.08. The van der Waals surface area contributed by atoms with Crippen LogP contribution in [0.2, 0.25) is 0 Å². The molecular weight excluding hydrogens is 314 g/mol. The lowest BCUT2D eigenvalue weighted by Crippen LogP contribution is -2.02. The number of ketones is 1. The van der Waals surface area contributed by atoms with Crippen molar-refractivity contribution in [3.05, 3.63) is 84.1 Å². The van der Waals surface area contributed by atoms with E-state index < -0.39 is 0 Å². The van der Waals surface area contributed by atoms with Gasteiger partial charge in [-0.05, 0) is 42.5 Å². The number of para-hydroxylation sites is 1. The number of hydrogen-bond donors (Lipinski definition) is 0. The van der Waals surface area contributed by atoms with E-state index in [1.807, 2.05) is 42.5 Å². The van der Waals surface area contributed by atoms with Crippen LogP contribution in [0.3, 0.4) is 0 Å². The van der Waals surface area contributed by atoms with E-state index in [0.29, 0.717) is 33.9 Å². The van der Waals surface area contributed by atoms with Gasteiger partial charge in [-0.1, -0.05) is 24.3 Å². The highest BCUT2D eigenvalue weighted by Crippen LogP contribution is 2.34. The molecule has 0 saturated carbocycles. The minimum Gasteiger partial charge on any atom is -0.497 e. The molecule has 122 valence electrons. The van der Waals surface area contributed by atoms with Gasteiger partial charge in [0.05, 0.1) is 12.7 Å². The van der Waals surface area contributed by atoms with Crippen LogP contribution in [0.25, 0.3) is 22.4 Å². The lowest BCUT2D eigenvalue weighted by atomic mass is 9.99. The first-order valence-electron chi connectivity index (χ1n) is 7.89. The van der Waals surface area contributed by atoms with Crippen LogP contribution < -0.4 is 4.74 Å². The maximum absolute atomic E-state index is 13.2. The van der Waals surface area contributed by atoms with Crippen molar-refractivity contribution in [2.75, 3.05) is 7.11 Å². The quantitative estimate of drug-likeness (QED) is 0.508. The smallest absolute Gasteiger partial charge is 0.197 e. The van der Waals surface area contributed by atoms with Gasteiger partial charge >= 0.3 is 0 Å². The molecule has 2 aromatic carbocycles. The molecule has 2 heterocycles. The Morgan fingerprint density at radius 3 is 2.44 bits per heavy atom. The normalized spacial score (nSPS) is 10.8. The van der Waals surface area contributed by atoms with E-state index in [4.69, 9.17) is 9.15 Å². The van der Waals surface area contributed by atoms with Crippen LogP contribution in [-0.4, -0.2) is 17.9 Å². The summed E-state index contributed by atoms with van der Waals surface area (Å²) < 4.78 is 11.1. The molecular formula is C21H15NO3. The van der Waals surface area contributed by atoms with Gasteiger partial charge in [0.15, 0.2) is 11.5 Å². The summed E-state index contributed by atoms with van der Waals surface area (Å²) in [5.74, 6) is 1.09. The summed E-state index contributed by atoms with van der Waals surface area (Å²) in [5.41, 5.74) is 2.40. The molecule has 25 heavy (non-hydrogen) atoms. The van der Waals surface area contributed by atoms with Crippen molar-refractivity contribution in [2.24, 2.45) is 0 Å². The van der Waals surface area contributed by atoms with Crippen LogP contribution in [-0.2, 0) is 0 Å². The fourth-order valence-corrected chi connectivity index (χ4v) is 2.84. The second-order valence-electron chi connectivity index (χ2n) is 5.57. The molecule has 4 nitrogen and oxygen atoms in total. The topological polar surface area (TPSA) is 52.3 Å². The van der Waals surface area contributed by atoms with Crippen LogP contribution in [0.5, 0.6) is 5.75 Å². The zero-order chi connectivity index (χ0) is 17.2. The minimum atomic E-state index is -0.103. The third-order valence-electron chi connectivity index (χ3n) is 4.07. The Kier molecular flexibility index (Phi) is 3.78. The Morgan fingerprint density at radius 1 is 0.960 bits per heavy atom. The van der Waals surface area contributed by atoms with Gasteiger partial charge in [0, 0.05) is 17.1 Å². The van der Waals surface area contributed by atoms with Gasteiger partial charge in [0.1, 0.15) is 17.0 Å². The summed E-state index contributed by atoms with van der Waals surface area (Å²) in [6.07, 6.45) is 1.68. The number of benzene rings is 2. The van der Waals surface area contributed by atoms with Crippen LogP contribution in [0.1, 0.15) is 15.9 Å². The van der Waals surface area contributed by atoms with Crippen molar-refractivity contribution in [1.82, 2.24) is 4.98 Å². The standard InChI is InChI=1S/C21H15NO3/c1-24-15-11-9-14(10-12-15)20(23)19-16-6-2-3-8-18(16)25-21(19)17-7-4-5-13-22-17/h2-13H,1H3. The number of pyridine rings is 1. The summed E-state index contributed by atoms with van der Waals surface area (Å²) >= 11 is 0. The molecule has 4 rings (SSSR count). The van der Waals surface area contributed by atoms with Crippen molar-refractivity contribution < 1.29 is 13.9 Å². The van der Waals surface area contributed by atoms with E-state index in [9.17, 15) is 4.79 Å². The van der Waals surface area contributed by atoms with Crippen molar-refractivity contribution in [2.45, 2.75) is 0 Å². The zero-order valence-corrected chi connectivity index (χ0v) is 13.6. The number of aromatic nitrogens is 1. The molecule has 0 spiro atoms. The number of fused-ring (bicyclic) bond motifs is 1. The molecule has 0 aliphatic carbocycles. The molecule has 0 saturated heterocycles. The van der Waals surface area contributed by atoms with Gasteiger partial charge in [-0.25, -0.2) is 0 Å². The van der Waals surface area contributed by atoms with Crippen LogP contribution >= 0.6 is 0 Å². The third kappa shape index (κ3) is 2.68. The van der Waals surface area contributed by atoms with Crippen LogP contribution in [0.15, 0.2) is 77.3 Å². The Bertz CT molecular complexity index is 1030. The van der Waals surface area contributed by atoms with E-state index in [1.54, 1.807) is 37.6 Å². The number of ether oxygens (including phenoxy) is 1. The van der Waals surface area contributed by atoms with Crippen molar-refractivity contribution >= 4 is 16.8 Å². The molecule has 0 fully saturated rings. The fourth-order valence-electron chi connectivity index (χ4n) is 2.84. The predicted octanol–water partition coefficient (Wildman–Crippen LogP) is 4.73. The fraction of sp³-hybridized carbons (Fsp3) is 0.0476. The predicted molar refractivity (Wildman–Crippen MR) is 95.9 cm³/mol. The highest BCUT2D eigenvalue weighted by Gasteiger charge is 2.23. The Labute approximate surface area is 144 Å². The van der Waals surface area contributed by atoms with Crippen molar-refractivity contribution in [3.8, 4) is 17.2 Å². The molecule has 0 amide bonds. The van der Waals surface area contributed by atoms with E-state index in [2.05, 4.69) is 4.98 Å². The van der Waals surface area contributed by atoms with Gasteiger partial charge in [-0.3, -0.25) is 9.78 Å². The van der Waals surface area contributed by atoms with E-state index in [-0.39, 0.29) is 5.78 Å². The Balaban J connectivity index is 1.91. The number of hydrogen-bond acceptors (Lipinski definition) is 4. The first-order valence-corrected chi connectivity index (χ1v) is 7.89. The molecule has 0 unspecified atom stereocenters. The monoisotopic (exact) mass is 329 g/mol. The molecule has 4 heteroatoms. The number of carbonyl (C=O) groups is 1. The summed E-state index contributed by atoms with van der Waals surface area (Å²) in [7, 11) is 1.60. The van der Waals surface area contributed by atoms with Crippen molar-refractivity contribution in [1.29, 1.82) is 0 Å². The van der Waals surface area contributed by atoms with Gasteiger partial charge in [-0.2, -0.15) is 0 Å². The molecule has 0 aliphatic heterocycles. The molecule has 0 aliphatic rings. The van der Waals surface area contributed by atoms with Crippen LogP contribution in [0, 0.1) is 0 Å². The zero-order valence-electron chi connectivity index (χ0n) is 13.6. The highest BCUT2D eigenvalue weighted by molar-refractivity contribution is 6.19. The van der Waals surface area contributed by atoms with Crippen molar-refractivity contribution in [3.63, 3.8) is 0 Å². The number of rotatable bonds is 4. The maximum Gasteiger partial charge on any atom is 0.197 e. The lowest BCUT2D eigenvalue weighted by Gasteiger charge is -2.04. The molecule has 2 aromatic heterocycles. The summed E-state index contributed by atoms with van der Waals surface area (Å²) in [4.78, 5) is 17.5. The number of carbonyl (C=O) groups excluding carboxylic acids is 1. The molecule has 0 radical (unpaired) electrons. The molecule has 0 bridgehead atoms. The second kappa shape index (κ2) is 6.24. The molecule has 0 N–H and O–H groups in total. The average molecular weight is 329 g/mol. The molecule has 0 atom stereocenters. The maximum atomic E-state index is 13.2. The summed E-state index contributed by atoms with van der Waals surface area (Å²) in [6, 6.07) is 20.1. The van der Waals surface area contributed by atoms with Crippen LogP contribution in [0.4, 0.5) is 0 Å². The van der Waals surface area contributed by atoms with Gasteiger partial charge < -0.3 is 9.15 Å². The second-order valence-corrected chi connectivity index (χ2v) is 5.57. The van der Waals surface area contributed by atoms with Gasteiger partial charge in [0.2, 0.25) is 0 Å². The van der Waals surface area contributed by atoms with Gasteiger partial charge in [-0.15, -0.1) is 0 Å². The van der Waals surface area contributed by atoms with E-state index >= 15 is 0 Å². The lowest BCUT2D eigenvalue weighted by molar-refractivity contribution is 0.104. The number of furan rings is 1. The van der Waals surface area contributed by atoms with E-state index in [1.165, 1.54) is 0 Å². The Hall–Kier alpha value is -3.40. The summed E-state index contributed by atoms with van der Waals surface area (Å²) in [6.45, 7) is 0. The highest BCUT2D eigenvalue weighted by atomic mass is 16.5. The largest absolute Gasteiger partial charge is 0.497 e. The first-order chi connectivity index (χ1) is 12.3. The molecule has 4 aromatic rings. The number of nitrogens with zero attached hydrogens (tertiary/aromatic N) is 1. The summed E-state index contributed by atoms with van der Waals surface area (Å²) in [5, 5.41) is 0.781. The third-order valence-corrected chi connectivity index (χ3v) is 4.07.